The molecule has 4 rings (SSSR count). The van der Waals surface area contributed by atoms with Gasteiger partial charge in [0.1, 0.15) is 17.1 Å². The fraction of sp³-hybridized carbons (Fsp3) is 0.0909. The molecule has 0 saturated carbocycles. The van der Waals surface area contributed by atoms with E-state index in [4.69, 9.17) is 33.4 Å². The van der Waals surface area contributed by atoms with E-state index in [-0.39, 0.29) is 11.3 Å². The summed E-state index contributed by atoms with van der Waals surface area (Å²) in [6.45, 7) is 0. The molecule has 0 aliphatic carbocycles. The minimum atomic E-state index is -0.486. The smallest absolute Gasteiger partial charge is 0.251 e. The van der Waals surface area contributed by atoms with Gasteiger partial charge in [-0.3, -0.25) is 4.79 Å². The monoisotopic (exact) mass is 420 g/mol. The predicted molar refractivity (Wildman–Crippen MR) is 114 cm³/mol. The predicted octanol–water partition coefficient (Wildman–Crippen LogP) is 4.85. The van der Waals surface area contributed by atoms with Gasteiger partial charge in [0, 0.05) is 23.7 Å². The molecule has 142 valence electrons. The number of aryl methyl sites for hydroxylation is 1. The molecule has 0 N–H and O–H groups in total. The van der Waals surface area contributed by atoms with E-state index in [2.05, 4.69) is 4.98 Å². The third kappa shape index (κ3) is 3.61. The third-order valence-electron chi connectivity index (χ3n) is 4.67. The van der Waals surface area contributed by atoms with Gasteiger partial charge >= 0.3 is 0 Å². The average Bonchev–Trinajstić information content (AvgIpc) is 2.76. The lowest BCUT2D eigenvalue weighted by Gasteiger charge is -2.14. The van der Waals surface area contributed by atoms with Crippen LogP contribution in [0.1, 0.15) is 22.3 Å². The van der Waals surface area contributed by atoms with Gasteiger partial charge in [-0.25, -0.2) is 9.97 Å². The Bertz CT molecular complexity index is 1320. The van der Waals surface area contributed by atoms with Crippen LogP contribution in [0.15, 0.2) is 65.5 Å². The molecule has 3 aromatic heterocycles. The minimum Gasteiger partial charge on any atom is -0.310 e. The number of hydrogen-bond donors (Lipinski definition) is 0. The van der Waals surface area contributed by atoms with Crippen molar-refractivity contribution in [2.75, 3.05) is 0 Å². The number of pyridine rings is 3. The molecule has 0 spiro atoms. The van der Waals surface area contributed by atoms with Crippen LogP contribution in [0.3, 0.4) is 0 Å². The molecule has 5 nitrogen and oxygen atoms in total. The molecule has 3 heterocycles. The van der Waals surface area contributed by atoms with Crippen LogP contribution < -0.4 is 5.56 Å². The van der Waals surface area contributed by atoms with Crippen LogP contribution in [0.5, 0.6) is 0 Å². The van der Waals surface area contributed by atoms with E-state index in [0.29, 0.717) is 33.0 Å². The second kappa shape index (κ2) is 7.67. The summed E-state index contributed by atoms with van der Waals surface area (Å²) >= 11 is 12.6. The van der Waals surface area contributed by atoms with Crippen molar-refractivity contribution in [2.45, 2.75) is 5.38 Å². The molecule has 0 aliphatic rings. The van der Waals surface area contributed by atoms with E-state index in [9.17, 15) is 4.79 Å². The van der Waals surface area contributed by atoms with Crippen molar-refractivity contribution >= 4 is 34.2 Å². The first-order chi connectivity index (χ1) is 14.0. The van der Waals surface area contributed by atoms with Gasteiger partial charge in [0.2, 0.25) is 0 Å². The number of benzene rings is 1. The van der Waals surface area contributed by atoms with Gasteiger partial charge in [0.15, 0.2) is 0 Å². The summed E-state index contributed by atoms with van der Waals surface area (Å²) in [4.78, 5) is 21.5. The molecular formula is C22H14Cl2N4O. The van der Waals surface area contributed by atoms with Gasteiger partial charge in [-0.1, -0.05) is 29.8 Å². The maximum atomic E-state index is 12.5. The number of rotatable bonds is 3. The fourth-order valence-corrected chi connectivity index (χ4v) is 3.52. The average molecular weight is 421 g/mol. The normalized spacial score (nSPS) is 11.9. The highest BCUT2D eigenvalue weighted by Gasteiger charge is 2.17. The molecule has 0 bridgehead atoms. The molecule has 1 unspecified atom stereocenters. The van der Waals surface area contributed by atoms with Gasteiger partial charge in [0.05, 0.1) is 22.4 Å². The van der Waals surface area contributed by atoms with Crippen LogP contribution in [0.2, 0.25) is 5.02 Å². The summed E-state index contributed by atoms with van der Waals surface area (Å²) in [7, 11) is 1.69. The van der Waals surface area contributed by atoms with Crippen LogP contribution in [0.4, 0.5) is 0 Å². The van der Waals surface area contributed by atoms with Crippen molar-refractivity contribution in [3.63, 3.8) is 0 Å². The number of alkyl halides is 1. The van der Waals surface area contributed by atoms with Gasteiger partial charge in [-0.05, 0) is 42.0 Å². The van der Waals surface area contributed by atoms with Crippen molar-refractivity contribution in [1.29, 1.82) is 5.26 Å². The summed E-state index contributed by atoms with van der Waals surface area (Å²) in [5.74, 6) is 0. The molecule has 0 aliphatic heterocycles. The summed E-state index contributed by atoms with van der Waals surface area (Å²) < 4.78 is 1.52. The highest BCUT2D eigenvalue weighted by atomic mass is 35.5. The maximum absolute atomic E-state index is 12.5. The number of hydrogen-bond acceptors (Lipinski definition) is 4. The molecule has 0 saturated heterocycles. The van der Waals surface area contributed by atoms with Gasteiger partial charge in [0.25, 0.3) is 5.56 Å². The standard InChI is InChI=1S/C22H14Cl2N4O/c1-28-19-10-9-18(21(24)13-5-7-14(23)8-6-13)27-22(19)16(11-20(28)29)17-4-2-3-15(12-25)26-17/h2-11,21H,1H3. The van der Waals surface area contributed by atoms with E-state index in [1.54, 1.807) is 43.4 Å². The Hall–Kier alpha value is -3.20. The zero-order valence-corrected chi connectivity index (χ0v) is 16.8. The zero-order chi connectivity index (χ0) is 20.5. The quantitative estimate of drug-likeness (QED) is 0.444. The van der Waals surface area contributed by atoms with Crippen LogP contribution >= 0.6 is 23.2 Å². The lowest BCUT2D eigenvalue weighted by molar-refractivity contribution is 0.900. The summed E-state index contributed by atoms with van der Waals surface area (Å²) in [6.07, 6.45) is 0. The molecular weight excluding hydrogens is 407 g/mol. The molecule has 1 aromatic carbocycles. The van der Waals surface area contributed by atoms with Crippen LogP contribution in [-0.4, -0.2) is 14.5 Å². The molecule has 29 heavy (non-hydrogen) atoms. The second-order valence-corrected chi connectivity index (χ2v) is 7.37. The van der Waals surface area contributed by atoms with E-state index >= 15 is 0 Å². The van der Waals surface area contributed by atoms with Crippen LogP contribution in [-0.2, 0) is 7.05 Å². The zero-order valence-electron chi connectivity index (χ0n) is 15.3. The van der Waals surface area contributed by atoms with Gasteiger partial charge in [-0.2, -0.15) is 5.26 Å². The highest BCUT2D eigenvalue weighted by Crippen LogP contribution is 2.31. The van der Waals surface area contributed by atoms with Crippen LogP contribution in [0, 0.1) is 11.3 Å². The summed E-state index contributed by atoms with van der Waals surface area (Å²) in [6, 6.07) is 19.5. The minimum absolute atomic E-state index is 0.189. The first-order valence-corrected chi connectivity index (χ1v) is 9.57. The second-order valence-electron chi connectivity index (χ2n) is 6.49. The number of fused-ring (bicyclic) bond motifs is 1. The Labute approximate surface area is 176 Å². The summed E-state index contributed by atoms with van der Waals surface area (Å²) in [5, 5.41) is 9.31. The molecule has 0 amide bonds. The van der Waals surface area contributed by atoms with Crippen LogP contribution in [0.25, 0.3) is 22.3 Å². The highest BCUT2D eigenvalue weighted by molar-refractivity contribution is 6.30. The van der Waals surface area contributed by atoms with E-state index in [1.165, 1.54) is 10.6 Å². The van der Waals surface area contributed by atoms with Gasteiger partial charge < -0.3 is 4.57 Å². The Morgan fingerprint density at radius 1 is 1.07 bits per heavy atom. The SMILES string of the molecule is Cn1c(=O)cc(-c2cccc(C#N)n2)c2nc(C(Cl)c3ccc(Cl)cc3)ccc21. The first kappa shape index (κ1) is 19.1. The molecule has 4 aromatic rings. The topological polar surface area (TPSA) is 71.6 Å². The van der Waals surface area contributed by atoms with E-state index in [0.717, 1.165) is 5.56 Å². The number of nitrogens with zero attached hydrogens (tertiary/aromatic N) is 4. The fourth-order valence-electron chi connectivity index (χ4n) is 3.13. The largest absolute Gasteiger partial charge is 0.310 e. The maximum Gasteiger partial charge on any atom is 0.251 e. The Balaban J connectivity index is 1.93. The summed E-state index contributed by atoms with van der Waals surface area (Å²) in [5.41, 5.74) is 3.88. The lowest BCUT2D eigenvalue weighted by Crippen LogP contribution is -2.17. The molecule has 1 atom stereocenters. The third-order valence-corrected chi connectivity index (χ3v) is 5.40. The van der Waals surface area contributed by atoms with Crippen molar-refractivity contribution in [3.8, 4) is 17.3 Å². The number of halogens is 2. The number of aromatic nitrogens is 3. The number of nitriles is 1. The lowest BCUT2D eigenvalue weighted by atomic mass is 10.1. The van der Waals surface area contributed by atoms with Crippen molar-refractivity contribution in [2.24, 2.45) is 7.05 Å². The van der Waals surface area contributed by atoms with E-state index < -0.39 is 5.38 Å². The Kier molecular flexibility index (Phi) is 5.06. The Morgan fingerprint density at radius 3 is 2.55 bits per heavy atom. The molecule has 0 radical (unpaired) electrons. The van der Waals surface area contributed by atoms with Crippen molar-refractivity contribution in [1.82, 2.24) is 14.5 Å². The Morgan fingerprint density at radius 2 is 1.83 bits per heavy atom. The molecule has 0 fully saturated rings. The van der Waals surface area contributed by atoms with Crippen molar-refractivity contribution < 1.29 is 0 Å². The first-order valence-electron chi connectivity index (χ1n) is 8.75. The van der Waals surface area contributed by atoms with Crippen molar-refractivity contribution in [3.05, 3.63) is 93.0 Å². The van der Waals surface area contributed by atoms with E-state index in [1.807, 2.05) is 24.3 Å². The molecule has 7 heteroatoms. The van der Waals surface area contributed by atoms with Gasteiger partial charge in [-0.15, -0.1) is 11.6 Å².